The van der Waals surface area contributed by atoms with Crippen molar-refractivity contribution in [2.24, 2.45) is 23.7 Å². The average molecular weight is 236 g/mol. The van der Waals surface area contributed by atoms with Crippen molar-refractivity contribution in [3.8, 4) is 0 Å². The molecule has 0 bridgehead atoms. The zero-order chi connectivity index (χ0) is 11.8. The van der Waals surface area contributed by atoms with Crippen molar-refractivity contribution in [1.29, 1.82) is 0 Å². The molecule has 0 aromatic carbocycles. The van der Waals surface area contributed by atoms with E-state index in [0.29, 0.717) is 11.8 Å². The van der Waals surface area contributed by atoms with Gasteiger partial charge in [0.15, 0.2) is 0 Å². The summed E-state index contributed by atoms with van der Waals surface area (Å²) in [6.07, 6.45) is 5.36. The Morgan fingerprint density at radius 1 is 1.12 bits per heavy atom. The van der Waals surface area contributed by atoms with Crippen molar-refractivity contribution >= 4 is 5.91 Å². The van der Waals surface area contributed by atoms with Crippen LogP contribution in [0.15, 0.2) is 0 Å². The molecule has 3 aliphatic rings. The van der Waals surface area contributed by atoms with E-state index in [1.165, 1.54) is 25.7 Å². The van der Waals surface area contributed by atoms with E-state index in [9.17, 15) is 4.79 Å². The van der Waals surface area contributed by atoms with Crippen molar-refractivity contribution in [2.45, 2.75) is 32.6 Å². The fraction of sp³-hybridized carbons (Fsp3) is 0.929. The molecule has 3 rings (SSSR count). The summed E-state index contributed by atoms with van der Waals surface area (Å²) in [4.78, 5) is 14.8. The number of nitrogens with one attached hydrogen (secondary N) is 1. The normalized spacial score (nSPS) is 32.8. The Kier molecular flexibility index (Phi) is 3.12. The number of rotatable bonds is 5. The van der Waals surface area contributed by atoms with E-state index in [0.717, 1.165) is 38.0 Å². The highest BCUT2D eigenvalue weighted by Crippen LogP contribution is 2.34. The van der Waals surface area contributed by atoms with Gasteiger partial charge < -0.3 is 10.2 Å². The van der Waals surface area contributed by atoms with Crippen LogP contribution in [0, 0.1) is 23.7 Å². The number of carbonyl (C=O) groups excluding carboxylic acids is 1. The molecule has 96 valence electrons. The molecule has 17 heavy (non-hydrogen) atoms. The molecule has 3 nitrogen and oxygen atoms in total. The molecule has 1 heterocycles. The molecule has 2 saturated carbocycles. The van der Waals surface area contributed by atoms with Crippen LogP contribution in [-0.4, -0.2) is 37.0 Å². The molecule has 0 spiro atoms. The molecule has 1 aliphatic heterocycles. The van der Waals surface area contributed by atoms with E-state index in [4.69, 9.17) is 0 Å². The second kappa shape index (κ2) is 4.60. The van der Waals surface area contributed by atoms with Crippen LogP contribution in [0.4, 0.5) is 0 Å². The summed E-state index contributed by atoms with van der Waals surface area (Å²) in [5, 5.41) is 3.35. The first kappa shape index (κ1) is 11.5. The summed E-state index contributed by atoms with van der Waals surface area (Å²) in [6, 6.07) is 0. The van der Waals surface area contributed by atoms with Crippen LogP contribution in [0.3, 0.4) is 0 Å². The minimum absolute atomic E-state index is 0.243. The Labute approximate surface area is 104 Å². The predicted molar refractivity (Wildman–Crippen MR) is 67.6 cm³/mol. The van der Waals surface area contributed by atoms with Gasteiger partial charge in [-0.05, 0) is 50.0 Å². The van der Waals surface area contributed by atoms with Gasteiger partial charge in [-0.3, -0.25) is 4.79 Å². The third-order valence-electron chi connectivity index (χ3n) is 4.50. The van der Waals surface area contributed by atoms with Crippen LogP contribution in [0.2, 0.25) is 0 Å². The molecule has 1 saturated heterocycles. The number of carbonyl (C=O) groups is 1. The lowest BCUT2D eigenvalue weighted by molar-refractivity contribution is -0.136. The number of amides is 1. The van der Waals surface area contributed by atoms with Gasteiger partial charge in [0.25, 0.3) is 0 Å². The Bertz CT molecular complexity index is 283. The van der Waals surface area contributed by atoms with Gasteiger partial charge in [0.05, 0.1) is 5.92 Å². The van der Waals surface area contributed by atoms with Gasteiger partial charge in [-0.25, -0.2) is 0 Å². The Balaban J connectivity index is 1.60. The van der Waals surface area contributed by atoms with Gasteiger partial charge in [-0.1, -0.05) is 6.92 Å². The molecular formula is C14H24N2O. The Hall–Kier alpha value is -0.570. The minimum atomic E-state index is 0.243. The Morgan fingerprint density at radius 2 is 1.71 bits per heavy atom. The number of hydrogen-bond donors (Lipinski definition) is 1. The second-order valence-corrected chi connectivity index (χ2v) is 6.37. The molecule has 0 radical (unpaired) electrons. The second-order valence-electron chi connectivity index (χ2n) is 6.37. The van der Waals surface area contributed by atoms with Crippen molar-refractivity contribution in [1.82, 2.24) is 10.2 Å². The lowest BCUT2D eigenvalue weighted by atomic mass is 9.96. The van der Waals surface area contributed by atoms with Crippen LogP contribution in [0.1, 0.15) is 32.6 Å². The fourth-order valence-electron chi connectivity index (χ4n) is 2.85. The van der Waals surface area contributed by atoms with Crippen molar-refractivity contribution in [2.75, 3.05) is 26.2 Å². The smallest absolute Gasteiger partial charge is 0.227 e. The maximum absolute atomic E-state index is 12.6. The molecule has 1 amide bonds. The topological polar surface area (TPSA) is 32.3 Å². The Morgan fingerprint density at radius 3 is 2.12 bits per heavy atom. The van der Waals surface area contributed by atoms with Gasteiger partial charge in [-0.15, -0.1) is 0 Å². The lowest BCUT2D eigenvalue weighted by Crippen LogP contribution is -2.41. The van der Waals surface area contributed by atoms with Crippen molar-refractivity contribution in [3.63, 3.8) is 0 Å². The van der Waals surface area contributed by atoms with Crippen molar-refractivity contribution < 1.29 is 4.79 Å². The van der Waals surface area contributed by atoms with E-state index in [-0.39, 0.29) is 5.92 Å². The maximum atomic E-state index is 12.6. The van der Waals surface area contributed by atoms with Crippen LogP contribution in [0.25, 0.3) is 0 Å². The molecule has 3 fully saturated rings. The predicted octanol–water partition coefficient (Wildman–Crippen LogP) is 1.49. The third-order valence-corrected chi connectivity index (χ3v) is 4.50. The molecule has 2 atom stereocenters. The molecule has 0 aromatic heterocycles. The zero-order valence-corrected chi connectivity index (χ0v) is 10.8. The molecular weight excluding hydrogens is 212 g/mol. The summed E-state index contributed by atoms with van der Waals surface area (Å²) in [5.41, 5.74) is 0. The van der Waals surface area contributed by atoms with Gasteiger partial charge in [0.2, 0.25) is 5.91 Å². The molecule has 1 N–H and O–H groups in total. The number of nitrogens with zero attached hydrogens (tertiary/aromatic N) is 1. The summed E-state index contributed by atoms with van der Waals surface area (Å²) in [7, 11) is 0. The largest absolute Gasteiger partial charge is 0.342 e. The third kappa shape index (κ3) is 2.82. The SMILES string of the molecule is CC1CNCC1C(=O)N(CC1CC1)CC1CC1. The highest BCUT2D eigenvalue weighted by molar-refractivity contribution is 5.79. The number of hydrogen-bond acceptors (Lipinski definition) is 2. The van der Waals surface area contributed by atoms with Gasteiger partial charge in [0.1, 0.15) is 0 Å². The van der Waals surface area contributed by atoms with E-state index < -0.39 is 0 Å². The first-order valence-corrected chi connectivity index (χ1v) is 7.23. The van der Waals surface area contributed by atoms with Gasteiger partial charge >= 0.3 is 0 Å². The zero-order valence-electron chi connectivity index (χ0n) is 10.8. The van der Waals surface area contributed by atoms with Crippen molar-refractivity contribution in [3.05, 3.63) is 0 Å². The van der Waals surface area contributed by atoms with E-state index in [1.807, 2.05) is 0 Å². The standard InChI is InChI=1S/C14H24N2O/c1-10-6-15-7-13(10)14(17)16(8-11-2-3-11)9-12-4-5-12/h10-13,15H,2-9H2,1H3. The van der Waals surface area contributed by atoms with E-state index in [1.54, 1.807) is 0 Å². The summed E-state index contributed by atoms with van der Waals surface area (Å²) in [5.74, 6) is 2.84. The minimum Gasteiger partial charge on any atom is -0.342 e. The molecule has 2 unspecified atom stereocenters. The fourth-order valence-corrected chi connectivity index (χ4v) is 2.85. The van der Waals surface area contributed by atoms with Crippen LogP contribution in [0.5, 0.6) is 0 Å². The average Bonchev–Trinajstić information content (AvgIpc) is 3.21. The quantitative estimate of drug-likeness (QED) is 0.784. The maximum Gasteiger partial charge on any atom is 0.227 e. The highest BCUT2D eigenvalue weighted by Gasteiger charge is 2.37. The summed E-state index contributed by atoms with van der Waals surface area (Å²) >= 11 is 0. The molecule has 2 aliphatic carbocycles. The van der Waals surface area contributed by atoms with Gasteiger partial charge in [-0.2, -0.15) is 0 Å². The lowest BCUT2D eigenvalue weighted by Gasteiger charge is -2.27. The first-order chi connectivity index (χ1) is 8.24. The molecule has 3 heteroatoms. The summed E-state index contributed by atoms with van der Waals surface area (Å²) in [6.45, 7) is 6.19. The molecule has 0 aromatic rings. The van der Waals surface area contributed by atoms with Crippen LogP contribution in [-0.2, 0) is 4.79 Å². The van der Waals surface area contributed by atoms with Gasteiger partial charge in [0, 0.05) is 19.6 Å². The first-order valence-electron chi connectivity index (χ1n) is 7.23. The van der Waals surface area contributed by atoms with Crippen LogP contribution < -0.4 is 5.32 Å². The monoisotopic (exact) mass is 236 g/mol. The van der Waals surface area contributed by atoms with Crippen LogP contribution >= 0.6 is 0 Å². The highest BCUT2D eigenvalue weighted by atomic mass is 16.2. The van der Waals surface area contributed by atoms with E-state index >= 15 is 0 Å². The summed E-state index contributed by atoms with van der Waals surface area (Å²) < 4.78 is 0. The van der Waals surface area contributed by atoms with E-state index in [2.05, 4.69) is 17.1 Å².